The number of ether oxygens (including phenoxy) is 3. The number of hydrogen-bond donors (Lipinski definition) is 1. The highest BCUT2D eigenvalue weighted by atomic mass is 31.2. The van der Waals surface area contributed by atoms with E-state index in [2.05, 4.69) is 34.0 Å². The maximum absolute atomic E-state index is 10.3. The van der Waals surface area contributed by atoms with Gasteiger partial charge in [-0.15, -0.1) is 6.58 Å². The van der Waals surface area contributed by atoms with Crippen LogP contribution in [0.15, 0.2) is 12.7 Å². The zero-order valence-corrected chi connectivity index (χ0v) is 20.0. The summed E-state index contributed by atoms with van der Waals surface area (Å²) in [6.45, 7) is 14.1. The summed E-state index contributed by atoms with van der Waals surface area (Å²) in [6, 6.07) is 0. The smallest absolute Gasteiger partial charge is 0.471 e. The summed E-state index contributed by atoms with van der Waals surface area (Å²) >= 11 is 0. The van der Waals surface area contributed by atoms with Crippen LogP contribution in [0.2, 0.25) is 0 Å². The standard InChI is InChI=1S/2C4H10O.C4H8.C2H6O5P2.C2H4O2.CH4/c1-4(2)5-3;1-3-4-5-2;1-3-4-2;1-6-9(4,5)7-8(2)3;1-4-2-3;/h4H,1-3H3;3-4H2,1-2H3;3H,1,4H2,2H3;1-2H3;2H,1H3;1H4/p+1. The van der Waals surface area contributed by atoms with Crippen LogP contribution in [0, 0.1) is 0 Å². The number of phosphoric acid groups is 1. The van der Waals surface area contributed by atoms with Crippen molar-refractivity contribution in [1.82, 2.24) is 0 Å². The van der Waals surface area contributed by atoms with Crippen molar-refractivity contribution >= 4 is 22.3 Å². The normalized spacial score (nSPS) is 10.9. The van der Waals surface area contributed by atoms with Gasteiger partial charge in [-0.3, -0.25) is 9.32 Å². The first-order valence-corrected chi connectivity index (χ1v) is 11.2. The first-order chi connectivity index (χ1) is 12.5. The van der Waals surface area contributed by atoms with Crippen molar-refractivity contribution in [2.24, 2.45) is 0 Å². The lowest BCUT2D eigenvalue weighted by Gasteiger charge is -1.96. The average molecular weight is 453 g/mol. The fraction of sp³-hybridized carbons (Fsp3) is 0.824. The van der Waals surface area contributed by atoms with Gasteiger partial charge in [0.25, 0.3) is 6.47 Å². The van der Waals surface area contributed by atoms with Crippen LogP contribution in [0.3, 0.4) is 0 Å². The summed E-state index contributed by atoms with van der Waals surface area (Å²) in [5.74, 6) is 0. The van der Waals surface area contributed by atoms with Gasteiger partial charge in [-0.1, -0.05) is 27.4 Å². The van der Waals surface area contributed by atoms with E-state index >= 15 is 0 Å². The van der Waals surface area contributed by atoms with Crippen LogP contribution in [0.4, 0.5) is 0 Å². The van der Waals surface area contributed by atoms with E-state index in [1.165, 1.54) is 7.11 Å². The van der Waals surface area contributed by atoms with Crippen molar-refractivity contribution in [3.63, 3.8) is 0 Å². The molecule has 174 valence electrons. The second-order valence-corrected chi connectivity index (χ2v) is 7.31. The highest BCUT2D eigenvalue weighted by molar-refractivity contribution is 7.57. The van der Waals surface area contributed by atoms with Gasteiger partial charge in [0.15, 0.2) is 6.66 Å². The molecule has 11 heteroatoms. The Kier molecular flexibility index (Phi) is 55.2. The second-order valence-electron chi connectivity index (χ2n) is 4.48. The highest BCUT2D eigenvalue weighted by Crippen LogP contribution is 2.49. The number of hydrogen-bond acceptors (Lipinski definition) is 8. The minimum Gasteiger partial charge on any atom is -0.471 e. The number of carbonyl (C=O) groups is 1. The molecule has 2 atom stereocenters. The lowest BCUT2D eigenvalue weighted by molar-refractivity contribution is -0.126. The molecule has 1 N–H and O–H groups in total. The third-order valence-corrected chi connectivity index (χ3v) is 3.92. The Bertz CT molecular complexity index is 342. The molecule has 28 heavy (non-hydrogen) atoms. The molecule has 2 unspecified atom stereocenters. The number of rotatable bonds is 8. The van der Waals surface area contributed by atoms with Crippen LogP contribution in [0.25, 0.3) is 0 Å². The summed E-state index contributed by atoms with van der Waals surface area (Å²) in [7, 11) is -0.373. The van der Waals surface area contributed by atoms with Crippen LogP contribution in [0.1, 0.15) is 48.0 Å². The quantitative estimate of drug-likeness (QED) is 0.300. The van der Waals surface area contributed by atoms with E-state index in [0.29, 0.717) is 12.6 Å². The summed E-state index contributed by atoms with van der Waals surface area (Å²) in [5.41, 5.74) is 0. The molecular formula is C17H43O9P2+. The molecule has 0 aliphatic heterocycles. The highest BCUT2D eigenvalue weighted by Gasteiger charge is 2.29. The molecule has 0 saturated heterocycles. The second kappa shape index (κ2) is 37.1. The summed E-state index contributed by atoms with van der Waals surface area (Å²) in [4.78, 5) is 17.4. The van der Waals surface area contributed by atoms with E-state index in [-0.39, 0.29) is 7.43 Å². The van der Waals surface area contributed by atoms with Crippen molar-refractivity contribution in [3.05, 3.63) is 12.7 Å². The summed E-state index contributed by atoms with van der Waals surface area (Å²) in [6.07, 6.45) is 4.46. The minimum atomic E-state index is -4.01. The maximum atomic E-state index is 10.3. The molecule has 0 aromatic rings. The Balaban J connectivity index is -0.0000000560. The number of allylic oxidation sites excluding steroid dienone is 1. The Morgan fingerprint density at radius 1 is 1.18 bits per heavy atom. The van der Waals surface area contributed by atoms with Gasteiger partial charge in [-0.25, -0.2) is 4.57 Å². The molecule has 0 aromatic carbocycles. The van der Waals surface area contributed by atoms with E-state index in [0.717, 1.165) is 33.2 Å². The van der Waals surface area contributed by atoms with E-state index in [1.807, 2.05) is 19.9 Å². The van der Waals surface area contributed by atoms with Crippen LogP contribution in [0.5, 0.6) is 0 Å². The third-order valence-electron chi connectivity index (χ3n) is 1.71. The van der Waals surface area contributed by atoms with Crippen molar-refractivity contribution in [2.45, 2.75) is 54.1 Å². The van der Waals surface area contributed by atoms with Gasteiger partial charge in [-0.05, 0) is 35.6 Å². The molecule has 0 aliphatic rings. The predicted molar refractivity (Wildman–Crippen MR) is 116 cm³/mol. The van der Waals surface area contributed by atoms with Gasteiger partial charge in [0.2, 0.25) is 0 Å². The Hall–Kier alpha value is -0.660. The first kappa shape index (κ1) is 41.7. The van der Waals surface area contributed by atoms with Crippen molar-refractivity contribution in [3.8, 4) is 0 Å². The third kappa shape index (κ3) is 84.4. The van der Waals surface area contributed by atoms with Crippen LogP contribution in [-0.4, -0.2) is 59.2 Å². The molecule has 9 nitrogen and oxygen atoms in total. The predicted octanol–water partition coefficient (Wildman–Crippen LogP) is 5.21. The largest absolute Gasteiger partial charge is 0.515 e. The molecular weight excluding hydrogens is 410 g/mol. The van der Waals surface area contributed by atoms with Gasteiger partial charge in [0.1, 0.15) is 0 Å². The summed E-state index contributed by atoms with van der Waals surface area (Å²) in [5, 5.41) is 0. The molecule has 0 radical (unpaired) electrons. The van der Waals surface area contributed by atoms with Crippen LogP contribution < -0.4 is 0 Å². The zero-order chi connectivity index (χ0) is 22.7. The Morgan fingerprint density at radius 2 is 1.54 bits per heavy atom. The van der Waals surface area contributed by atoms with Crippen molar-refractivity contribution < 1.29 is 41.9 Å². The maximum Gasteiger partial charge on any atom is 0.515 e. The van der Waals surface area contributed by atoms with Gasteiger partial charge in [-0.2, -0.15) is 0 Å². The zero-order valence-electron chi connectivity index (χ0n) is 18.2. The van der Waals surface area contributed by atoms with Crippen molar-refractivity contribution in [2.75, 3.05) is 41.7 Å². The van der Waals surface area contributed by atoms with E-state index in [9.17, 15) is 9.13 Å². The van der Waals surface area contributed by atoms with Crippen LogP contribution >= 0.6 is 15.9 Å². The SMILES string of the molecule is C.C=CCC.CCCOC.COC(C)C.COC=O.COP(=O)(O)O[P+](C)=O. The van der Waals surface area contributed by atoms with Gasteiger partial charge in [0.05, 0.1) is 13.2 Å². The summed E-state index contributed by atoms with van der Waals surface area (Å²) < 4.78 is 41.7. The fourth-order valence-corrected chi connectivity index (χ4v) is 1.81. The van der Waals surface area contributed by atoms with E-state index in [4.69, 9.17) is 19.2 Å². The molecule has 0 fully saturated rings. The number of methoxy groups -OCH3 is 3. The molecule has 0 aliphatic carbocycles. The van der Waals surface area contributed by atoms with Gasteiger partial charge < -0.3 is 19.1 Å². The lowest BCUT2D eigenvalue weighted by atomic mass is 10.5. The molecule has 0 amide bonds. The molecule has 0 aromatic heterocycles. The lowest BCUT2D eigenvalue weighted by Crippen LogP contribution is -1.94. The van der Waals surface area contributed by atoms with Gasteiger partial charge >= 0.3 is 15.9 Å². The monoisotopic (exact) mass is 453 g/mol. The van der Waals surface area contributed by atoms with Gasteiger partial charge in [0, 0.05) is 27.9 Å². The average Bonchev–Trinajstić information content (AvgIpc) is 2.62. The van der Waals surface area contributed by atoms with E-state index in [1.54, 1.807) is 14.2 Å². The molecule has 0 saturated carbocycles. The molecule has 0 rings (SSSR count). The minimum absolute atomic E-state index is 0. The molecule has 0 spiro atoms. The Morgan fingerprint density at radius 3 is 1.57 bits per heavy atom. The molecule has 0 bridgehead atoms. The topological polar surface area (TPSA) is 118 Å². The number of phosphoric ester groups is 1. The van der Waals surface area contributed by atoms with E-state index < -0.39 is 15.9 Å². The van der Waals surface area contributed by atoms with Crippen molar-refractivity contribution in [1.29, 1.82) is 0 Å². The first-order valence-electron chi connectivity index (χ1n) is 8.07. The number of carbonyl (C=O) groups excluding carboxylic acids is 1. The molecule has 0 heterocycles. The van der Waals surface area contributed by atoms with Crippen LogP contribution in [-0.2, 0) is 37.0 Å². The Labute approximate surface area is 173 Å². The fourth-order valence-electron chi connectivity index (χ4n) is 0.383.